The van der Waals surface area contributed by atoms with Crippen LogP contribution in [0.1, 0.15) is 24.1 Å². The van der Waals surface area contributed by atoms with Crippen LogP contribution in [0.25, 0.3) is 10.9 Å². The van der Waals surface area contributed by atoms with E-state index in [0.29, 0.717) is 39.0 Å². The Morgan fingerprint density at radius 3 is 2.63 bits per heavy atom. The molecule has 3 N–H and O–H groups in total. The van der Waals surface area contributed by atoms with Crippen LogP contribution < -0.4 is 15.4 Å². The molecule has 1 aromatic heterocycles. The highest BCUT2D eigenvalue weighted by Crippen LogP contribution is 2.23. The largest absolute Gasteiger partial charge is 0.337 e. The molecule has 0 radical (unpaired) electrons. The molecule has 1 saturated heterocycles. The Morgan fingerprint density at radius 1 is 1.14 bits per heavy atom. The number of piperidine rings is 1. The predicted molar refractivity (Wildman–Crippen MR) is 134 cm³/mol. The van der Waals surface area contributed by atoms with Crippen LogP contribution in [-0.4, -0.2) is 56.6 Å². The fourth-order valence-corrected chi connectivity index (χ4v) is 5.72. The molecule has 182 valence electrons. The minimum Gasteiger partial charge on any atom is -0.337 e. The average Bonchev–Trinajstić information content (AvgIpc) is 2.85. The number of sulfonamides is 1. The minimum atomic E-state index is -3.76. The maximum atomic E-state index is 12.7. The normalized spacial score (nSPS) is 15.0. The van der Waals surface area contributed by atoms with Gasteiger partial charge in [0.1, 0.15) is 6.07 Å². The molecule has 0 bridgehead atoms. The molecule has 0 unspecified atom stereocenters. The van der Waals surface area contributed by atoms with Gasteiger partial charge in [-0.3, -0.25) is 4.98 Å². The Kier molecular flexibility index (Phi) is 7.60. The highest BCUT2D eigenvalue weighted by Gasteiger charge is 2.26. The van der Waals surface area contributed by atoms with Gasteiger partial charge in [-0.15, -0.1) is 0 Å². The summed E-state index contributed by atoms with van der Waals surface area (Å²) in [4.78, 5) is 19.1. The Balaban J connectivity index is 1.23. The molecular formula is C25H28N6O3S. The number of para-hydroxylation sites is 1. The molecule has 9 nitrogen and oxygen atoms in total. The van der Waals surface area contributed by atoms with Crippen molar-refractivity contribution in [2.24, 2.45) is 0 Å². The lowest BCUT2D eigenvalue weighted by molar-refractivity contribution is 0.206. The van der Waals surface area contributed by atoms with Gasteiger partial charge in [0, 0.05) is 30.2 Å². The molecule has 1 aliphatic heterocycles. The van der Waals surface area contributed by atoms with Crippen LogP contribution in [0.15, 0.2) is 59.5 Å². The number of urea groups is 1. The zero-order valence-electron chi connectivity index (χ0n) is 19.5. The SMILES string of the molecule is Cc1cc(NC(=O)NCCN2CCC(NS(=O)(=O)c3ccccc3C#N)CC2)c2ccccc2n1. The summed E-state index contributed by atoms with van der Waals surface area (Å²) in [7, 11) is -3.76. The van der Waals surface area contributed by atoms with Gasteiger partial charge in [-0.05, 0) is 57.1 Å². The van der Waals surface area contributed by atoms with Gasteiger partial charge in [-0.1, -0.05) is 30.3 Å². The van der Waals surface area contributed by atoms with Gasteiger partial charge >= 0.3 is 6.03 Å². The topological polar surface area (TPSA) is 127 Å². The van der Waals surface area contributed by atoms with E-state index in [1.165, 1.54) is 12.1 Å². The molecular weight excluding hydrogens is 464 g/mol. The Bertz CT molecular complexity index is 1360. The van der Waals surface area contributed by atoms with E-state index in [1.807, 2.05) is 43.3 Å². The van der Waals surface area contributed by atoms with Crippen LogP contribution in [0.5, 0.6) is 0 Å². The lowest BCUT2D eigenvalue weighted by Gasteiger charge is -2.32. The van der Waals surface area contributed by atoms with E-state index in [1.54, 1.807) is 12.1 Å². The van der Waals surface area contributed by atoms with E-state index in [4.69, 9.17) is 0 Å². The van der Waals surface area contributed by atoms with Crippen LogP contribution >= 0.6 is 0 Å². The van der Waals surface area contributed by atoms with Crippen LogP contribution in [0.2, 0.25) is 0 Å². The summed E-state index contributed by atoms with van der Waals surface area (Å²) < 4.78 is 28.2. The quantitative estimate of drug-likeness (QED) is 0.465. The highest BCUT2D eigenvalue weighted by molar-refractivity contribution is 7.89. The Morgan fingerprint density at radius 2 is 1.86 bits per heavy atom. The smallest absolute Gasteiger partial charge is 0.319 e. The van der Waals surface area contributed by atoms with Gasteiger partial charge in [0.05, 0.1) is 21.7 Å². The van der Waals surface area contributed by atoms with Crippen molar-refractivity contribution < 1.29 is 13.2 Å². The number of amides is 2. The van der Waals surface area contributed by atoms with Crippen molar-refractivity contribution in [1.82, 2.24) is 19.9 Å². The molecule has 2 aromatic carbocycles. The van der Waals surface area contributed by atoms with Gasteiger partial charge in [-0.25, -0.2) is 17.9 Å². The van der Waals surface area contributed by atoms with E-state index in [0.717, 1.165) is 22.3 Å². The molecule has 0 saturated carbocycles. The number of nitriles is 1. The summed E-state index contributed by atoms with van der Waals surface area (Å²) in [5.74, 6) is 0. The molecule has 1 aliphatic rings. The lowest BCUT2D eigenvalue weighted by atomic mass is 10.1. The number of nitrogens with zero attached hydrogens (tertiary/aromatic N) is 3. The third kappa shape index (κ3) is 6.14. The van der Waals surface area contributed by atoms with Crippen LogP contribution in [0.3, 0.4) is 0 Å². The number of aryl methyl sites for hydroxylation is 1. The molecule has 0 aliphatic carbocycles. The highest BCUT2D eigenvalue weighted by atomic mass is 32.2. The maximum absolute atomic E-state index is 12.7. The number of hydrogen-bond donors (Lipinski definition) is 3. The summed E-state index contributed by atoms with van der Waals surface area (Å²) >= 11 is 0. The predicted octanol–water partition coefficient (Wildman–Crippen LogP) is 2.98. The molecule has 2 amide bonds. The molecule has 10 heteroatoms. The minimum absolute atomic E-state index is 0.0114. The van der Waals surface area contributed by atoms with E-state index >= 15 is 0 Å². The first-order valence-corrected chi connectivity index (χ1v) is 13.0. The van der Waals surface area contributed by atoms with E-state index in [-0.39, 0.29) is 22.5 Å². The van der Waals surface area contributed by atoms with Gasteiger partial charge in [-0.2, -0.15) is 5.26 Å². The van der Waals surface area contributed by atoms with Crippen molar-refractivity contribution >= 4 is 32.6 Å². The number of likely N-dealkylation sites (tertiary alicyclic amines) is 1. The fourth-order valence-electron chi connectivity index (χ4n) is 4.26. The summed E-state index contributed by atoms with van der Waals surface area (Å²) in [5, 5.41) is 15.9. The summed E-state index contributed by atoms with van der Waals surface area (Å²) in [6.45, 7) is 4.46. The van der Waals surface area contributed by atoms with Crippen molar-refractivity contribution in [1.29, 1.82) is 5.26 Å². The molecule has 3 aromatic rings. The van der Waals surface area contributed by atoms with Crippen molar-refractivity contribution in [2.75, 3.05) is 31.5 Å². The third-order valence-electron chi connectivity index (χ3n) is 6.01. The molecule has 1 fully saturated rings. The number of carbonyl (C=O) groups is 1. The molecule has 2 heterocycles. The van der Waals surface area contributed by atoms with Gasteiger partial charge in [0.15, 0.2) is 0 Å². The number of anilines is 1. The van der Waals surface area contributed by atoms with Gasteiger partial charge in [0.2, 0.25) is 10.0 Å². The van der Waals surface area contributed by atoms with Crippen molar-refractivity contribution in [3.63, 3.8) is 0 Å². The second kappa shape index (κ2) is 10.8. The summed E-state index contributed by atoms with van der Waals surface area (Å²) in [6, 6.07) is 17.2. The fraction of sp³-hybridized carbons (Fsp3) is 0.320. The Hall–Kier alpha value is -3.52. The zero-order valence-corrected chi connectivity index (χ0v) is 20.3. The monoisotopic (exact) mass is 492 g/mol. The third-order valence-corrected chi connectivity index (χ3v) is 7.59. The maximum Gasteiger partial charge on any atom is 0.319 e. The van der Waals surface area contributed by atoms with Crippen molar-refractivity contribution in [3.8, 4) is 6.07 Å². The van der Waals surface area contributed by atoms with Crippen molar-refractivity contribution in [3.05, 3.63) is 65.9 Å². The number of nitrogens with one attached hydrogen (secondary N) is 3. The molecule has 0 atom stereocenters. The Labute approximate surface area is 205 Å². The average molecular weight is 493 g/mol. The number of hydrogen-bond acceptors (Lipinski definition) is 6. The van der Waals surface area contributed by atoms with E-state index in [9.17, 15) is 18.5 Å². The van der Waals surface area contributed by atoms with Crippen LogP contribution in [0, 0.1) is 18.3 Å². The van der Waals surface area contributed by atoms with Crippen LogP contribution in [0.4, 0.5) is 10.5 Å². The second-order valence-corrected chi connectivity index (χ2v) is 10.2. The van der Waals surface area contributed by atoms with E-state index in [2.05, 4.69) is 25.2 Å². The van der Waals surface area contributed by atoms with Gasteiger partial charge in [0.25, 0.3) is 0 Å². The number of aromatic nitrogens is 1. The number of rotatable bonds is 7. The second-order valence-electron chi connectivity index (χ2n) is 8.55. The zero-order chi connectivity index (χ0) is 24.8. The summed E-state index contributed by atoms with van der Waals surface area (Å²) in [6.07, 6.45) is 1.31. The first kappa shape index (κ1) is 24.6. The number of carbonyl (C=O) groups excluding carboxylic acids is 1. The first-order chi connectivity index (χ1) is 16.9. The standard InChI is InChI=1S/C25H28N6O3S/c1-18-16-23(21-7-3-4-8-22(21)28-18)29-25(32)27-12-15-31-13-10-20(11-14-31)30-35(33,34)24-9-5-2-6-19(24)17-26/h2-9,16,20,30H,10-15H2,1H3,(H2,27,28,29,32). The lowest BCUT2D eigenvalue weighted by Crippen LogP contribution is -2.46. The molecule has 35 heavy (non-hydrogen) atoms. The number of fused-ring (bicyclic) bond motifs is 1. The van der Waals surface area contributed by atoms with Crippen molar-refractivity contribution in [2.45, 2.75) is 30.7 Å². The van der Waals surface area contributed by atoms with E-state index < -0.39 is 10.0 Å². The number of benzene rings is 2. The first-order valence-electron chi connectivity index (χ1n) is 11.5. The number of pyridine rings is 1. The summed E-state index contributed by atoms with van der Waals surface area (Å²) in [5.41, 5.74) is 2.51. The van der Waals surface area contributed by atoms with Gasteiger partial charge < -0.3 is 15.5 Å². The van der Waals surface area contributed by atoms with Crippen LogP contribution in [-0.2, 0) is 10.0 Å². The molecule has 0 spiro atoms. The molecule has 4 rings (SSSR count).